The van der Waals surface area contributed by atoms with Gasteiger partial charge < -0.3 is 19.9 Å². The third-order valence-electron chi connectivity index (χ3n) is 4.53. The van der Waals surface area contributed by atoms with Gasteiger partial charge in [0.2, 0.25) is 0 Å². The van der Waals surface area contributed by atoms with Crippen LogP contribution in [0.5, 0.6) is 11.5 Å². The lowest BCUT2D eigenvalue weighted by molar-refractivity contribution is -0.146. The van der Waals surface area contributed by atoms with Crippen LogP contribution in [0, 0.1) is 5.92 Å². The average molecular weight is 357 g/mol. The Morgan fingerprint density at radius 3 is 2.44 bits per heavy atom. The Labute approximate surface area is 144 Å². The first-order valence-electron chi connectivity index (χ1n) is 7.96. The van der Waals surface area contributed by atoms with Crippen LogP contribution in [0.4, 0.5) is 8.78 Å². The molecule has 1 aliphatic rings. The van der Waals surface area contributed by atoms with Crippen molar-refractivity contribution in [3.63, 3.8) is 0 Å². The van der Waals surface area contributed by atoms with Crippen molar-refractivity contribution in [2.45, 2.75) is 44.8 Å². The average Bonchev–Trinajstić information content (AvgIpc) is 2.56. The Morgan fingerprint density at radius 2 is 1.92 bits per heavy atom. The van der Waals surface area contributed by atoms with Gasteiger partial charge in [-0.15, -0.1) is 0 Å². The third-order valence-corrected chi connectivity index (χ3v) is 4.53. The van der Waals surface area contributed by atoms with Crippen molar-refractivity contribution in [3.8, 4) is 11.5 Å². The van der Waals surface area contributed by atoms with Crippen LogP contribution in [0.1, 0.15) is 43.0 Å². The second-order valence-corrected chi connectivity index (χ2v) is 6.27. The van der Waals surface area contributed by atoms with E-state index in [9.17, 15) is 23.5 Å². The first kappa shape index (κ1) is 19.0. The minimum Gasteiger partial charge on any atom is -0.493 e. The lowest BCUT2D eigenvalue weighted by Gasteiger charge is -2.36. The Kier molecular flexibility index (Phi) is 5.81. The zero-order valence-corrected chi connectivity index (χ0v) is 14.1. The number of halogens is 2. The number of alkyl halides is 2. The lowest BCUT2D eigenvalue weighted by Crippen LogP contribution is -2.56. The van der Waals surface area contributed by atoms with Gasteiger partial charge in [0, 0.05) is 5.56 Å². The largest absolute Gasteiger partial charge is 0.493 e. The second-order valence-electron chi connectivity index (χ2n) is 6.27. The van der Waals surface area contributed by atoms with E-state index in [1.807, 2.05) is 6.92 Å². The molecule has 2 rings (SSSR count). The smallest absolute Gasteiger partial charge is 0.387 e. The molecule has 0 atom stereocenters. The van der Waals surface area contributed by atoms with Crippen LogP contribution in [-0.4, -0.2) is 36.2 Å². The molecule has 0 heterocycles. The number of ether oxygens (including phenoxy) is 2. The fraction of sp³-hybridized carbons (Fsp3) is 0.529. The van der Waals surface area contributed by atoms with Crippen molar-refractivity contribution in [1.82, 2.24) is 5.32 Å². The molecule has 0 aromatic heterocycles. The van der Waals surface area contributed by atoms with Gasteiger partial charge in [-0.25, -0.2) is 4.79 Å². The molecule has 0 bridgehead atoms. The number of methoxy groups -OCH3 is 1. The van der Waals surface area contributed by atoms with Gasteiger partial charge in [-0.2, -0.15) is 8.78 Å². The number of rotatable bonds is 6. The number of benzene rings is 1. The number of amides is 1. The SMILES string of the molecule is COc1cc(C(=O)NC2(C(=O)O)CCC(C)CC2)ccc1OC(F)F. The summed E-state index contributed by atoms with van der Waals surface area (Å²) < 4.78 is 34.0. The Hall–Kier alpha value is -2.38. The molecular formula is C17H21F2NO5. The number of hydrogen-bond acceptors (Lipinski definition) is 4. The Bertz CT molecular complexity index is 642. The summed E-state index contributed by atoms with van der Waals surface area (Å²) in [7, 11) is 1.26. The molecule has 1 saturated carbocycles. The fourth-order valence-electron chi connectivity index (χ4n) is 2.94. The summed E-state index contributed by atoms with van der Waals surface area (Å²) in [6, 6.07) is 3.72. The summed E-state index contributed by atoms with van der Waals surface area (Å²) in [5.74, 6) is -1.49. The highest BCUT2D eigenvalue weighted by Gasteiger charge is 2.42. The molecule has 1 aromatic rings. The fourth-order valence-corrected chi connectivity index (χ4v) is 2.94. The molecule has 0 saturated heterocycles. The van der Waals surface area contributed by atoms with E-state index in [4.69, 9.17) is 4.74 Å². The van der Waals surface area contributed by atoms with Crippen molar-refractivity contribution in [2.24, 2.45) is 5.92 Å². The number of carbonyl (C=O) groups is 2. The first-order valence-corrected chi connectivity index (χ1v) is 7.96. The van der Waals surface area contributed by atoms with Crippen LogP contribution in [0.25, 0.3) is 0 Å². The summed E-state index contributed by atoms with van der Waals surface area (Å²) in [5, 5.41) is 12.2. The van der Waals surface area contributed by atoms with Gasteiger partial charge in [-0.1, -0.05) is 6.92 Å². The van der Waals surface area contributed by atoms with Gasteiger partial charge in [0.1, 0.15) is 5.54 Å². The molecule has 0 radical (unpaired) electrons. The van der Waals surface area contributed by atoms with E-state index in [1.165, 1.54) is 25.3 Å². The Morgan fingerprint density at radius 1 is 1.28 bits per heavy atom. The van der Waals surface area contributed by atoms with Gasteiger partial charge in [0.05, 0.1) is 7.11 Å². The van der Waals surface area contributed by atoms with Crippen molar-refractivity contribution in [2.75, 3.05) is 7.11 Å². The highest BCUT2D eigenvalue weighted by molar-refractivity contribution is 5.98. The van der Waals surface area contributed by atoms with E-state index in [1.54, 1.807) is 0 Å². The number of carboxylic acids is 1. The van der Waals surface area contributed by atoms with E-state index < -0.39 is 24.0 Å². The standard InChI is InChI=1S/C17H21F2NO5/c1-10-5-7-17(8-6-10,15(22)23)20-14(21)11-3-4-12(25-16(18)19)13(9-11)24-2/h3-4,9-10,16H,5-8H2,1-2H3,(H,20,21)(H,22,23). The van der Waals surface area contributed by atoms with Crippen LogP contribution in [-0.2, 0) is 4.79 Å². The van der Waals surface area contributed by atoms with Crippen LogP contribution in [0.2, 0.25) is 0 Å². The van der Waals surface area contributed by atoms with Crippen LogP contribution in [0.15, 0.2) is 18.2 Å². The summed E-state index contributed by atoms with van der Waals surface area (Å²) in [4.78, 5) is 24.2. The molecule has 1 fully saturated rings. The number of carboxylic acid groups (broad SMARTS) is 1. The van der Waals surface area contributed by atoms with E-state index in [0.29, 0.717) is 31.6 Å². The summed E-state index contributed by atoms with van der Waals surface area (Å²) in [5.41, 5.74) is -1.20. The highest BCUT2D eigenvalue weighted by Crippen LogP contribution is 2.33. The molecule has 8 heteroatoms. The molecule has 2 N–H and O–H groups in total. The van der Waals surface area contributed by atoms with Crippen molar-refractivity contribution in [1.29, 1.82) is 0 Å². The van der Waals surface area contributed by atoms with E-state index in [0.717, 1.165) is 0 Å². The number of nitrogens with one attached hydrogen (secondary N) is 1. The number of hydrogen-bond donors (Lipinski definition) is 2. The molecule has 138 valence electrons. The van der Waals surface area contributed by atoms with Gasteiger partial charge in [0.25, 0.3) is 5.91 Å². The summed E-state index contributed by atoms with van der Waals surface area (Å²) in [6.45, 7) is -0.978. The normalized spacial score (nSPS) is 23.2. The van der Waals surface area contributed by atoms with Crippen molar-refractivity contribution >= 4 is 11.9 Å². The minimum atomic E-state index is -3.02. The number of carbonyl (C=O) groups excluding carboxylic acids is 1. The van der Waals surface area contributed by atoms with Gasteiger partial charge in [-0.05, 0) is 49.8 Å². The van der Waals surface area contributed by atoms with E-state index >= 15 is 0 Å². The third kappa shape index (κ3) is 4.37. The maximum Gasteiger partial charge on any atom is 0.387 e. The molecule has 1 aromatic carbocycles. The van der Waals surface area contributed by atoms with E-state index in [2.05, 4.69) is 10.1 Å². The van der Waals surface area contributed by atoms with Crippen molar-refractivity contribution < 1.29 is 33.0 Å². The Balaban J connectivity index is 2.20. The first-order chi connectivity index (χ1) is 11.8. The van der Waals surface area contributed by atoms with Crippen LogP contribution in [0.3, 0.4) is 0 Å². The van der Waals surface area contributed by atoms with Gasteiger partial charge >= 0.3 is 12.6 Å². The monoisotopic (exact) mass is 357 g/mol. The molecule has 6 nitrogen and oxygen atoms in total. The van der Waals surface area contributed by atoms with E-state index in [-0.39, 0.29) is 17.1 Å². The molecular weight excluding hydrogens is 336 g/mol. The zero-order valence-electron chi connectivity index (χ0n) is 14.1. The lowest BCUT2D eigenvalue weighted by atomic mass is 9.77. The molecule has 1 amide bonds. The van der Waals surface area contributed by atoms with Crippen LogP contribution < -0.4 is 14.8 Å². The predicted molar refractivity (Wildman–Crippen MR) is 85.1 cm³/mol. The minimum absolute atomic E-state index is 0.0328. The highest BCUT2D eigenvalue weighted by atomic mass is 19.3. The maximum atomic E-state index is 12.5. The number of aliphatic carboxylic acids is 1. The summed E-state index contributed by atoms with van der Waals surface area (Å²) in [6.07, 6.45) is 2.10. The molecule has 0 unspecified atom stereocenters. The summed E-state index contributed by atoms with van der Waals surface area (Å²) >= 11 is 0. The topological polar surface area (TPSA) is 84.9 Å². The van der Waals surface area contributed by atoms with Crippen molar-refractivity contribution in [3.05, 3.63) is 23.8 Å². The zero-order chi connectivity index (χ0) is 18.6. The van der Waals surface area contributed by atoms with Gasteiger partial charge in [0.15, 0.2) is 11.5 Å². The molecule has 1 aliphatic carbocycles. The molecule has 0 spiro atoms. The quantitative estimate of drug-likeness (QED) is 0.817. The second kappa shape index (κ2) is 7.67. The molecule has 0 aliphatic heterocycles. The maximum absolute atomic E-state index is 12.5. The predicted octanol–water partition coefficient (Wildman–Crippen LogP) is 3.06. The van der Waals surface area contributed by atoms with Gasteiger partial charge in [-0.3, -0.25) is 4.79 Å². The molecule has 25 heavy (non-hydrogen) atoms. The van der Waals surface area contributed by atoms with Crippen LogP contribution >= 0.6 is 0 Å².